The van der Waals surface area contributed by atoms with Crippen molar-refractivity contribution >= 4 is 17.0 Å². The third-order valence-corrected chi connectivity index (χ3v) is 8.76. The van der Waals surface area contributed by atoms with E-state index in [-0.39, 0.29) is 17.0 Å². The minimum atomic E-state index is -0.637. The fourth-order valence-electron chi connectivity index (χ4n) is 6.17. The van der Waals surface area contributed by atoms with Crippen molar-refractivity contribution in [3.8, 4) is 0 Å². The van der Waals surface area contributed by atoms with Gasteiger partial charge in [-0.2, -0.15) is 0 Å². The van der Waals surface area contributed by atoms with Crippen LogP contribution in [0.2, 0.25) is 0 Å². The molecule has 0 saturated heterocycles. The van der Waals surface area contributed by atoms with Gasteiger partial charge in [-0.05, 0) is 52.6 Å². The third-order valence-electron chi connectivity index (χ3n) is 8.76. The van der Waals surface area contributed by atoms with E-state index in [9.17, 15) is 5.11 Å². The number of rotatable bonds is 36. The first kappa shape index (κ1) is 45.4. The monoisotopic (exact) mass is 678 g/mol. The van der Waals surface area contributed by atoms with Crippen LogP contribution in [0.15, 0.2) is 0 Å². The first-order valence-corrected chi connectivity index (χ1v) is 19.1. The Labute approximate surface area is 282 Å². The molecule has 0 bridgehead atoms. The van der Waals surface area contributed by atoms with Crippen molar-refractivity contribution in [1.29, 1.82) is 0 Å². The molecule has 0 radical (unpaired) electrons. The first-order chi connectivity index (χ1) is 20.5. The van der Waals surface area contributed by atoms with Crippen LogP contribution in [-0.4, -0.2) is 62.7 Å². The highest BCUT2D eigenvalue weighted by Crippen LogP contribution is 2.21. The van der Waals surface area contributed by atoms with Gasteiger partial charge in [0.05, 0.1) is 5.60 Å². The number of likely N-dealkylation sites (N-methyl/N-ethyl adjacent to an activating group) is 1. The lowest BCUT2D eigenvalue weighted by atomic mass is 9.92. The molecule has 0 aliphatic rings. The Morgan fingerprint density at radius 3 is 0.953 bits per heavy atom. The van der Waals surface area contributed by atoms with Crippen LogP contribution in [-0.2, 0) is 9.47 Å². The molecule has 0 aliphatic carbocycles. The molecule has 4 nitrogen and oxygen atoms in total. The predicted octanol–water partition coefficient (Wildman–Crippen LogP) is 11.9. The molecule has 0 atom stereocenters. The lowest BCUT2D eigenvalue weighted by Crippen LogP contribution is -2.40. The Bertz CT molecular complexity index is 470. The maximum atomic E-state index is 11.3. The summed E-state index contributed by atoms with van der Waals surface area (Å²) in [6.07, 6.45) is 36.5. The molecule has 0 aliphatic heterocycles. The third kappa shape index (κ3) is 36.7. The summed E-state index contributed by atoms with van der Waals surface area (Å²) >= 11 is 0. The minimum Gasteiger partial charge on any atom is -0.389 e. The topological polar surface area (TPSA) is 41.9 Å². The van der Waals surface area contributed by atoms with E-state index in [1.54, 1.807) is 0 Å². The minimum absolute atomic E-state index is 0. The summed E-state index contributed by atoms with van der Waals surface area (Å²) in [7, 11) is 4.11. The first-order valence-electron chi connectivity index (χ1n) is 19.1. The Balaban J connectivity index is 0. The van der Waals surface area contributed by atoms with Gasteiger partial charge in [-0.15, -0.1) is 17.0 Å². The number of unbranched alkanes of at least 4 members (excludes halogenated alkanes) is 22. The zero-order valence-corrected chi connectivity index (χ0v) is 31.7. The summed E-state index contributed by atoms with van der Waals surface area (Å²) in [6, 6.07) is 0. The molecule has 0 aromatic carbocycles. The molecule has 0 unspecified atom stereocenters. The van der Waals surface area contributed by atoms with E-state index < -0.39 is 5.60 Å². The molecule has 0 rings (SSSR count). The number of hydrogen-bond donors (Lipinski definition) is 1. The molecule has 0 fully saturated rings. The van der Waals surface area contributed by atoms with Gasteiger partial charge in [0.15, 0.2) is 0 Å². The summed E-state index contributed by atoms with van der Waals surface area (Å²) in [6.45, 7) is 8.57. The number of hydrogen-bond acceptors (Lipinski definition) is 4. The van der Waals surface area contributed by atoms with Gasteiger partial charge in [-0.3, -0.25) is 0 Å². The second-order valence-electron chi connectivity index (χ2n) is 13.7. The normalized spacial score (nSPS) is 11.9. The molecule has 0 aromatic heterocycles. The van der Waals surface area contributed by atoms with E-state index in [2.05, 4.69) is 32.8 Å². The van der Waals surface area contributed by atoms with E-state index in [0.29, 0.717) is 6.54 Å². The molecule has 262 valence electrons. The lowest BCUT2D eigenvalue weighted by molar-refractivity contribution is -0.0162. The fourth-order valence-corrected chi connectivity index (χ4v) is 6.17. The zero-order chi connectivity index (χ0) is 30.8. The standard InChI is InChI=1S/C38H79NO3.BrH/c1-5-7-9-11-13-15-17-19-21-23-25-27-33-41-35-29-31-38(40,37-39(3)4)32-30-36-42-34-28-26-24-22-20-18-16-14-12-10-8-6-2;/h40H,5-37H2,1-4H3;1H. The number of nitrogens with zero attached hydrogens (tertiary/aromatic N) is 1. The maximum absolute atomic E-state index is 11.3. The quantitative estimate of drug-likeness (QED) is 0.0670. The molecular weight excluding hydrogens is 598 g/mol. The van der Waals surface area contributed by atoms with E-state index >= 15 is 0 Å². The summed E-state index contributed by atoms with van der Waals surface area (Å²) < 4.78 is 11.8. The molecule has 0 heterocycles. The van der Waals surface area contributed by atoms with Crippen LogP contribution in [0, 0.1) is 0 Å². The van der Waals surface area contributed by atoms with Gasteiger partial charge in [0.25, 0.3) is 0 Å². The highest BCUT2D eigenvalue weighted by molar-refractivity contribution is 8.93. The fraction of sp³-hybridized carbons (Fsp3) is 1.00. The Hall–Kier alpha value is 0.320. The van der Waals surface area contributed by atoms with Crippen LogP contribution in [0.25, 0.3) is 0 Å². The number of aliphatic hydroxyl groups is 1. The van der Waals surface area contributed by atoms with Crippen LogP contribution in [0.3, 0.4) is 0 Å². The van der Waals surface area contributed by atoms with E-state index in [1.165, 1.54) is 154 Å². The summed E-state index contributed by atoms with van der Waals surface area (Å²) in [4.78, 5) is 2.11. The van der Waals surface area contributed by atoms with Gasteiger partial charge >= 0.3 is 0 Å². The Morgan fingerprint density at radius 2 is 0.674 bits per heavy atom. The van der Waals surface area contributed by atoms with Gasteiger partial charge < -0.3 is 19.5 Å². The van der Waals surface area contributed by atoms with Gasteiger partial charge in [0.1, 0.15) is 0 Å². The molecule has 5 heteroatoms. The Kier molecular flexibility index (Phi) is 38.9. The summed E-state index contributed by atoms with van der Waals surface area (Å²) in [5, 5.41) is 11.3. The van der Waals surface area contributed by atoms with E-state index in [1.807, 2.05) is 0 Å². The Morgan fingerprint density at radius 1 is 0.419 bits per heavy atom. The largest absolute Gasteiger partial charge is 0.389 e. The molecule has 1 N–H and O–H groups in total. The van der Waals surface area contributed by atoms with Gasteiger partial charge in [0.2, 0.25) is 0 Å². The van der Waals surface area contributed by atoms with Crippen LogP contribution in [0.5, 0.6) is 0 Å². The van der Waals surface area contributed by atoms with E-state index in [4.69, 9.17) is 9.47 Å². The highest BCUT2D eigenvalue weighted by Gasteiger charge is 2.26. The zero-order valence-electron chi connectivity index (χ0n) is 30.0. The second-order valence-corrected chi connectivity index (χ2v) is 13.7. The number of ether oxygens (including phenoxy) is 2. The van der Waals surface area contributed by atoms with Crippen molar-refractivity contribution in [3.05, 3.63) is 0 Å². The molecule has 0 amide bonds. The van der Waals surface area contributed by atoms with Crippen molar-refractivity contribution < 1.29 is 14.6 Å². The van der Waals surface area contributed by atoms with Crippen LogP contribution in [0.4, 0.5) is 0 Å². The highest BCUT2D eigenvalue weighted by atomic mass is 79.9. The van der Waals surface area contributed by atoms with Crippen molar-refractivity contribution in [3.63, 3.8) is 0 Å². The van der Waals surface area contributed by atoms with Crippen molar-refractivity contribution in [2.75, 3.05) is 47.1 Å². The second kappa shape index (κ2) is 36.8. The SMILES string of the molecule is Br.CCCCCCCCCCCCCCOCCCC(O)(CCCOCCCCCCCCCCCCCC)CN(C)C. The molecule has 0 aromatic rings. The molecule has 43 heavy (non-hydrogen) atoms. The lowest BCUT2D eigenvalue weighted by Gasteiger charge is -2.31. The summed E-state index contributed by atoms with van der Waals surface area (Å²) in [5.74, 6) is 0. The average molecular weight is 679 g/mol. The molecule has 0 saturated carbocycles. The van der Waals surface area contributed by atoms with Gasteiger partial charge in [0, 0.05) is 33.0 Å². The predicted molar refractivity (Wildman–Crippen MR) is 196 cm³/mol. The van der Waals surface area contributed by atoms with Crippen molar-refractivity contribution in [1.82, 2.24) is 4.90 Å². The van der Waals surface area contributed by atoms with Crippen LogP contribution in [0.1, 0.15) is 194 Å². The number of halogens is 1. The van der Waals surface area contributed by atoms with Crippen LogP contribution < -0.4 is 0 Å². The summed E-state index contributed by atoms with van der Waals surface area (Å²) in [5.41, 5.74) is -0.637. The molecule has 0 spiro atoms. The van der Waals surface area contributed by atoms with Gasteiger partial charge in [-0.25, -0.2) is 0 Å². The van der Waals surface area contributed by atoms with Crippen molar-refractivity contribution in [2.45, 2.75) is 199 Å². The van der Waals surface area contributed by atoms with Crippen molar-refractivity contribution in [2.24, 2.45) is 0 Å². The molecular formula is C38H80BrNO3. The average Bonchev–Trinajstić information content (AvgIpc) is 2.96. The van der Waals surface area contributed by atoms with E-state index in [0.717, 1.165) is 52.1 Å². The van der Waals surface area contributed by atoms with Crippen LogP contribution >= 0.6 is 17.0 Å². The van der Waals surface area contributed by atoms with Gasteiger partial charge in [-0.1, -0.05) is 155 Å². The maximum Gasteiger partial charge on any atom is 0.0775 e. The smallest absolute Gasteiger partial charge is 0.0775 e.